The second-order valence-electron chi connectivity index (χ2n) is 1.64. The molecular formula is C3H5BF5O-. The maximum absolute atomic E-state index is 11.2. The van der Waals surface area contributed by atoms with Crippen LogP contribution in [0.1, 0.15) is 0 Å². The van der Waals surface area contributed by atoms with E-state index in [2.05, 4.69) is 4.74 Å². The second kappa shape index (κ2) is 3.75. The number of hydrogen-bond donors (Lipinski definition) is 0. The summed E-state index contributed by atoms with van der Waals surface area (Å²) in [6.07, 6.45) is -2.84. The summed E-state index contributed by atoms with van der Waals surface area (Å²) < 4.78 is 59.5. The Kier molecular flexibility index (Phi) is 3.63. The molecule has 0 atom stereocenters. The van der Waals surface area contributed by atoms with Crippen LogP contribution in [-0.4, -0.2) is 26.5 Å². The van der Waals surface area contributed by atoms with Gasteiger partial charge in [0.2, 0.25) is 0 Å². The predicted molar refractivity (Wildman–Crippen MR) is 25.9 cm³/mol. The Balaban J connectivity index is 3.21. The van der Waals surface area contributed by atoms with Crippen LogP contribution in [0.15, 0.2) is 0 Å². The topological polar surface area (TPSA) is 9.23 Å². The van der Waals surface area contributed by atoms with E-state index >= 15 is 0 Å². The number of hydrogen-bond acceptors (Lipinski definition) is 1. The van der Waals surface area contributed by atoms with Crippen LogP contribution in [0.5, 0.6) is 0 Å². The van der Waals surface area contributed by atoms with E-state index in [4.69, 9.17) is 0 Å². The summed E-state index contributed by atoms with van der Waals surface area (Å²) in [6.45, 7) is -7.79. The minimum Gasteiger partial charge on any atom is -0.447 e. The van der Waals surface area contributed by atoms with Crippen molar-refractivity contribution in [3.8, 4) is 0 Å². The number of alkyl halides is 2. The first kappa shape index (κ1) is 9.67. The maximum Gasteiger partial charge on any atom is 0.503 e. The zero-order valence-corrected chi connectivity index (χ0v) is 4.87. The van der Waals surface area contributed by atoms with Crippen molar-refractivity contribution >= 4 is 6.98 Å². The molecule has 0 aliphatic heterocycles. The molecule has 0 heterocycles. The van der Waals surface area contributed by atoms with E-state index in [0.29, 0.717) is 0 Å². The van der Waals surface area contributed by atoms with E-state index in [0.717, 1.165) is 0 Å². The van der Waals surface area contributed by atoms with Crippen LogP contribution in [0, 0.1) is 0 Å². The lowest BCUT2D eigenvalue weighted by Crippen LogP contribution is -2.25. The minimum absolute atomic E-state index is 1.15. The summed E-state index contributed by atoms with van der Waals surface area (Å²) in [4.78, 5) is 0. The first-order chi connectivity index (χ1) is 4.42. The Hall–Kier alpha value is -0.325. The Morgan fingerprint density at radius 3 is 2.00 bits per heavy atom. The van der Waals surface area contributed by atoms with Crippen molar-refractivity contribution in [3.63, 3.8) is 0 Å². The zero-order valence-electron chi connectivity index (χ0n) is 4.87. The van der Waals surface area contributed by atoms with Crippen LogP contribution in [0.3, 0.4) is 0 Å². The van der Waals surface area contributed by atoms with Gasteiger partial charge in [-0.1, -0.05) is 0 Å². The van der Waals surface area contributed by atoms with Crippen LogP contribution in [0.4, 0.5) is 21.7 Å². The fourth-order valence-electron chi connectivity index (χ4n) is 0.291. The van der Waals surface area contributed by atoms with Gasteiger partial charge in [-0.3, -0.25) is 0 Å². The van der Waals surface area contributed by atoms with Crippen molar-refractivity contribution in [2.75, 3.05) is 13.1 Å². The molecule has 0 aliphatic carbocycles. The zero-order chi connectivity index (χ0) is 8.20. The standard InChI is InChI=1S/C3H5BF5O/c5-3(6)1-10-2-4(7,8)9/h3H,1-2H2/q-1. The molecule has 7 heteroatoms. The molecule has 0 unspecified atom stereocenters. The van der Waals surface area contributed by atoms with Crippen LogP contribution in [0.2, 0.25) is 0 Å². The Morgan fingerprint density at radius 2 is 1.70 bits per heavy atom. The van der Waals surface area contributed by atoms with E-state index in [9.17, 15) is 21.7 Å². The molecule has 0 aliphatic rings. The van der Waals surface area contributed by atoms with Gasteiger partial charge in [0.25, 0.3) is 6.43 Å². The number of halogens is 5. The third kappa shape index (κ3) is 7.67. The smallest absolute Gasteiger partial charge is 0.447 e. The molecule has 0 N–H and O–H groups in total. The third-order valence-corrected chi connectivity index (χ3v) is 0.551. The van der Waals surface area contributed by atoms with E-state index < -0.39 is 26.5 Å². The van der Waals surface area contributed by atoms with Gasteiger partial charge in [-0.25, -0.2) is 8.78 Å². The average Bonchev–Trinajstić information content (AvgIpc) is 1.59. The van der Waals surface area contributed by atoms with Crippen LogP contribution < -0.4 is 0 Å². The molecule has 0 saturated heterocycles. The van der Waals surface area contributed by atoms with Gasteiger partial charge in [0.05, 0.1) is 0 Å². The minimum atomic E-state index is -5.09. The summed E-state index contributed by atoms with van der Waals surface area (Å²) in [6, 6.07) is 0. The molecule has 0 amide bonds. The molecule has 0 spiro atoms. The summed E-state index contributed by atoms with van der Waals surface area (Å²) in [5.74, 6) is 0. The molecular weight excluding hydrogens is 158 g/mol. The van der Waals surface area contributed by atoms with Gasteiger partial charge in [0.15, 0.2) is 0 Å². The molecule has 0 bridgehead atoms. The van der Waals surface area contributed by atoms with E-state index in [1.54, 1.807) is 0 Å². The lowest BCUT2D eigenvalue weighted by molar-refractivity contribution is 0.0267. The maximum atomic E-state index is 11.2. The summed E-state index contributed by atoms with van der Waals surface area (Å²) in [5, 5.41) is 0. The van der Waals surface area contributed by atoms with Crippen LogP contribution in [-0.2, 0) is 4.74 Å². The van der Waals surface area contributed by atoms with Crippen molar-refractivity contribution in [2.45, 2.75) is 6.43 Å². The van der Waals surface area contributed by atoms with E-state index in [1.165, 1.54) is 0 Å². The Labute approximate surface area is 54.2 Å². The van der Waals surface area contributed by atoms with Crippen molar-refractivity contribution in [2.24, 2.45) is 0 Å². The highest BCUT2D eigenvalue weighted by molar-refractivity contribution is 6.58. The lowest BCUT2D eigenvalue weighted by Gasteiger charge is -2.12. The van der Waals surface area contributed by atoms with Crippen LogP contribution >= 0.6 is 0 Å². The number of rotatable bonds is 4. The van der Waals surface area contributed by atoms with Gasteiger partial charge in [-0.15, -0.1) is 0 Å². The van der Waals surface area contributed by atoms with E-state index in [-0.39, 0.29) is 0 Å². The third-order valence-electron chi connectivity index (χ3n) is 0.551. The van der Waals surface area contributed by atoms with Gasteiger partial charge in [0.1, 0.15) is 6.61 Å². The largest absolute Gasteiger partial charge is 0.503 e. The van der Waals surface area contributed by atoms with Crippen molar-refractivity contribution in [1.29, 1.82) is 0 Å². The molecule has 1 nitrogen and oxygen atoms in total. The van der Waals surface area contributed by atoms with Gasteiger partial charge in [-0.2, -0.15) is 0 Å². The first-order valence-corrected chi connectivity index (χ1v) is 2.48. The van der Waals surface area contributed by atoms with Crippen molar-refractivity contribution in [3.05, 3.63) is 0 Å². The summed E-state index contributed by atoms with van der Waals surface area (Å²) in [7, 11) is 0. The highest BCUT2D eigenvalue weighted by Gasteiger charge is 2.23. The molecule has 0 rings (SSSR count). The Bertz CT molecular complexity index is 91.4. The Morgan fingerprint density at radius 1 is 1.20 bits per heavy atom. The molecule has 0 aromatic rings. The van der Waals surface area contributed by atoms with Gasteiger partial charge in [0, 0.05) is 6.51 Å². The highest BCUT2D eigenvalue weighted by atomic mass is 19.4. The average molecular weight is 163 g/mol. The molecule has 0 aromatic heterocycles. The predicted octanol–water partition coefficient (Wildman–Crippen LogP) is 1.65. The fourth-order valence-corrected chi connectivity index (χ4v) is 0.291. The van der Waals surface area contributed by atoms with Crippen molar-refractivity contribution in [1.82, 2.24) is 0 Å². The van der Waals surface area contributed by atoms with E-state index in [1.807, 2.05) is 0 Å². The van der Waals surface area contributed by atoms with Crippen molar-refractivity contribution < 1.29 is 26.5 Å². The lowest BCUT2D eigenvalue weighted by atomic mass is 9.95. The molecule has 62 valence electrons. The van der Waals surface area contributed by atoms with Gasteiger partial charge >= 0.3 is 6.98 Å². The number of ether oxygens (including phenoxy) is 1. The fraction of sp³-hybridized carbons (Fsp3) is 1.00. The molecule has 0 fully saturated rings. The normalized spacial score (nSPS) is 12.6. The molecule has 10 heavy (non-hydrogen) atoms. The van der Waals surface area contributed by atoms with Gasteiger partial charge < -0.3 is 17.7 Å². The quantitative estimate of drug-likeness (QED) is 0.452. The highest BCUT2D eigenvalue weighted by Crippen LogP contribution is 2.08. The van der Waals surface area contributed by atoms with Gasteiger partial charge in [-0.05, 0) is 0 Å². The molecule has 0 aromatic carbocycles. The SMILES string of the molecule is FC(F)COC[B-](F)(F)F. The summed E-state index contributed by atoms with van der Waals surface area (Å²) >= 11 is 0. The summed E-state index contributed by atoms with van der Waals surface area (Å²) in [5.41, 5.74) is 0. The molecule has 0 radical (unpaired) electrons. The van der Waals surface area contributed by atoms with Crippen LogP contribution in [0.25, 0.3) is 0 Å². The molecule has 0 saturated carbocycles. The first-order valence-electron chi connectivity index (χ1n) is 2.48. The monoisotopic (exact) mass is 163 g/mol. The second-order valence-corrected chi connectivity index (χ2v) is 1.64.